The molecule has 3 rings (SSSR count). The standard InChI is InChI=1S/C16H18N2O2/c1-11-4-5-12(16(20)17-13-6-7-13)9-15(11)18-8-2-3-14(19)10-18/h2-5,9-10,13,19H,6-8H2,1H3,(H,17,20). The van der Waals surface area contributed by atoms with Crippen LogP contribution in [0.3, 0.4) is 0 Å². The first kappa shape index (κ1) is 12.8. The highest BCUT2D eigenvalue weighted by Crippen LogP contribution is 2.25. The van der Waals surface area contributed by atoms with E-state index in [1.54, 1.807) is 12.3 Å². The molecule has 0 spiro atoms. The number of hydrogen-bond donors (Lipinski definition) is 2. The van der Waals surface area contributed by atoms with E-state index in [1.165, 1.54) is 0 Å². The molecule has 2 N–H and O–H groups in total. The molecule has 2 aliphatic rings. The van der Waals surface area contributed by atoms with Gasteiger partial charge in [-0.2, -0.15) is 0 Å². The molecule has 0 bridgehead atoms. The van der Waals surface area contributed by atoms with Gasteiger partial charge in [0.2, 0.25) is 0 Å². The van der Waals surface area contributed by atoms with E-state index in [2.05, 4.69) is 5.32 Å². The van der Waals surface area contributed by atoms with Crippen LogP contribution in [0.4, 0.5) is 5.69 Å². The number of anilines is 1. The molecule has 1 saturated carbocycles. The minimum Gasteiger partial charge on any atom is -0.506 e. The van der Waals surface area contributed by atoms with E-state index in [9.17, 15) is 9.90 Å². The zero-order valence-electron chi connectivity index (χ0n) is 11.5. The third kappa shape index (κ3) is 2.69. The number of nitrogens with zero attached hydrogens (tertiary/aromatic N) is 1. The number of allylic oxidation sites excluding steroid dienone is 1. The van der Waals surface area contributed by atoms with Crippen LogP contribution in [0.2, 0.25) is 0 Å². The van der Waals surface area contributed by atoms with Crippen molar-refractivity contribution in [3.8, 4) is 0 Å². The maximum absolute atomic E-state index is 12.1. The number of nitrogens with one attached hydrogen (secondary N) is 1. The average molecular weight is 270 g/mol. The van der Waals surface area contributed by atoms with Crippen LogP contribution in [0.15, 0.2) is 42.3 Å². The second kappa shape index (κ2) is 5.04. The maximum atomic E-state index is 12.1. The van der Waals surface area contributed by atoms with Crippen molar-refractivity contribution in [2.45, 2.75) is 25.8 Å². The lowest BCUT2D eigenvalue weighted by Crippen LogP contribution is -2.26. The molecule has 4 nitrogen and oxygen atoms in total. The molecule has 0 radical (unpaired) electrons. The minimum absolute atomic E-state index is 0.0190. The minimum atomic E-state index is -0.0190. The second-order valence-corrected chi connectivity index (χ2v) is 5.36. The number of aliphatic hydroxyl groups excluding tert-OH is 1. The van der Waals surface area contributed by atoms with Crippen molar-refractivity contribution >= 4 is 11.6 Å². The molecule has 1 heterocycles. The summed E-state index contributed by atoms with van der Waals surface area (Å²) in [5.41, 5.74) is 2.69. The summed E-state index contributed by atoms with van der Waals surface area (Å²) in [5, 5.41) is 12.6. The number of benzene rings is 1. The lowest BCUT2D eigenvalue weighted by atomic mass is 10.1. The topological polar surface area (TPSA) is 52.6 Å². The van der Waals surface area contributed by atoms with Crippen LogP contribution in [0.5, 0.6) is 0 Å². The number of rotatable bonds is 3. The van der Waals surface area contributed by atoms with Gasteiger partial charge in [-0.1, -0.05) is 12.1 Å². The molecule has 1 aromatic carbocycles. The van der Waals surface area contributed by atoms with Crippen molar-refractivity contribution in [1.82, 2.24) is 5.32 Å². The van der Waals surface area contributed by atoms with Crippen molar-refractivity contribution in [2.75, 3.05) is 11.4 Å². The Kier molecular flexibility index (Phi) is 3.22. The summed E-state index contributed by atoms with van der Waals surface area (Å²) < 4.78 is 0. The number of amides is 1. The van der Waals surface area contributed by atoms with E-state index in [1.807, 2.05) is 36.1 Å². The van der Waals surface area contributed by atoms with Crippen LogP contribution in [0, 0.1) is 6.92 Å². The fourth-order valence-corrected chi connectivity index (χ4v) is 2.27. The Morgan fingerprint density at radius 3 is 2.90 bits per heavy atom. The Bertz CT molecular complexity index is 600. The zero-order valence-corrected chi connectivity index (χ0v) is 11.5. The van der Waals surface area contributed by atoms with E-state index in [4.69, 9.17) is 0 Å². The highest BCUT2D eigenvalue weighted by molar-refractivity contribution is 5.95. The molecule has 1 fully saturated rings. The molecule has 1 amide bonds. The van der Waals surface area contributed by atoms with Gasteiger partial charge in [-0.3, -0.25) is 4.79 Å². The highest BCUT2D eigenvalue weighted by Gasteiger charge is 2.24. The maximum Gasteiger partial charge on any atom is 0.251 e. The van der Waals surface area contributed by atoms with E-state index in [0.29, 0.717) is 18.2 Å². The fourth-order valence-electron chi connectivity index (χ4n) is 2.27. The van der Waals surface area contributed by atoms with E-state index >= 15 is 0 Å². The molecule has 1 aliphatic heterocycles. The molecule has 0 atom stereocenters. The molecule has 104 valence electrons. The molecular formula is C16H18N2O2. The lowest BCUT2D eigenvalue weighted by Gasteiger charge is -2.24. The van der Waals surface area contributed by atoms with Crippen LogP contribution in [-0.2, 0) is 0 Å². The molecule has 0 aromatic heterocycles. The SMILES string of the molecule is Cc1ccc(C(=O)NC2CC2)cc1N1C=C(O)C=CC1. The molecule has 4 heteroatoms. The van der Waals surface area contributed by atoms with Gasteiger partial charge in [-0.15, -0.1) is 0 Å². The predicted octanol–water partition coefficient (Wildman–Crippen LogP) is 2.66. The van der Waals surface area contributed by atoms with Crippen molar-refractivity contribution in [2.24, 2.45) is 0 Å². The van der Waals surface area contributed by atoms with Crippen LogP contribution < -0.4 is 10.2 Å². The summed E-state index contributed by atoms with van der Waals surface area (Å²) >= 11 is 0. The Morgan fingerprint density at radius 2 is 2.20 bits per heavy atom. The number of aliphatic hydroxyl groups is 1. The predicted molar refractivity (Wildman–Crippen MR) is 78.9 cm³/mol. The van der Waals surface area contributed by atoms with Gasteiger partial charge in [0, 0.05) is 30.0 Å². The lowest BCUT2D eigenvalue weighted by molar-refractivity contribution is 0.0951. The largest absolute Gasteiger partial charge is 0.506 e. The summed E-state index contributed by atoms with van der Waals surface area (Å²) in [4.78, 5) is 14.0. The number of aryl methyl sites for hydroxylation is 1. The Morgan fingerprint density at radius 1 is 1.40 bits per heavy atom. The first-order valence-corrected chi connectivity index (χ1v) is 6.89. The Balaban J connectivity index is 1.86. The molecular weight excluding hydrogens is 252 g/mol. The smallest absolute Gasteiger partial charge is 0.251 e. The third-order valence-corrected chi connectivity index (χ3v) is 3.57. The number of hydrogen-bond acceptors (Lipinski definition) is 3. The van der Waals surface area contributed by atoms with Crippen LogP contribution in [-0.4, -0.2) is 23.6 Å². The zero-order chi connectivity index (χ0) is 14.1. The summed E-state index contributed by atoms with van der Waals surface area (Å²) in [7, 11) is 0. The van der Waals surface area contributed by atoms with Crippen molar-refractivity contribution < 1.29 is 9.90 Å². The molecule has 0 unspecified atom stereocenters. The van der Waals surface area contributed by atoms with Gasteiger partial charge in [0.15, 0.2) is 0 Å². The number of carbonyl (C=O) groups is 1. The monoisotopic (exact) mass is 270 g/mol. The quantitative estimate of drug-likeness (QED) is 0.888. The first-order chi connectivity index (χ1) is 9.63. The first-order valence-electron chi connectivity index (χ1n) is 6.89. The van der Waals surface area contributed by atoms with Gasteiger partial charge in [0.05, 0.1) is 0 Å². The van der Waals surface area contributed by atoms with Gasteiger partial charge in [-0.05, 0) is 43.5 Å². The van der Waals surface area contributed by atoms with Crippen LogP contribution in [0.25, 0.3) is 0 Å². The third-order valence-electron chi connectivity index (χ3n) is 3.57. The van der Waals surface area contributed by atoms with E-state index in [0.717, 1.165) is 24.1 Å². The Labute approximate surface area is 118 Å². The van der Waals surface area contributed by atoms with E-state index < -0.39 is 0 Å². The molecule has 1 aromatic rings. The Hall–Kier alpha value is -2.23. The molecule has 1 aliphatic carbocycles. The van der Waals surface area contributed by atoms with Crippen LogP contribution >= 0.6 is 0 Å². The van der Waals surface area contributed by atoms with E-state index in [-0.39, 0.29) is 11.7 Å². The summed E-state index contributed by atoms with van der Waals surface area (Å²) in [6.45, 7) is 2.69. The normalized spacial score (nSPS) is 17.9. The molecule has 20 heavy (non-hydrogen) atoms. The van der Waals surface area contributed by atoms with Crippen molar-refractivity contribution in [3.05, 3.63) is 53.4 Å². The molecule has 0 saturated heterocycles. The van der Waals surface area contributed by atoms with Gasteiger partial charge in [0.1, 0.15) is 5.76 Å². The van der Waals surface area contributed by atoms with Crippen molar-refractivity contribution in [3.63, 3.8) is 0 Å². The van der Waals surface area contributed by atoms with Crippen LogP contribution in [0.1, 0.15) is 28.8 Å². The summed E-state index contributed by atoms with van der Waals surface area (Å²) in [6, 6.07) is 6.03. The summed E-state index contributed by atoms with van der Waals surface area (Å²) in [5.74, 6) is 0.206. The average Bonchev–Trinajstić information content (AvgIpc) is 3.23. The van der Waals surface area contributed by atoms with Gasteiger partial charge < -0.3 is 15.3 Å². The summed E-state index contributed by atoms with van der Waals surface area (Å²) in [6.07, 6.45) is 7.42. The van der Waals surface area contributed by atoms with Gasteiger partial charge >= 0.3 is 0 Å². The highest BCUT2D eigenvalue weighted by atomic mass is 16.3. The number of carbonyl (C=O) groups excluding carboxylic acids is 1. The fraction of sp³-hybridized carbons (Fsp3) is 0.312. The van der Waals surface area contributed by atoms with Gasteiger partial charge in [-0.25, -0.2) is 0 Å². The van der Waals surface area contributed by atoms with Crippen molar-refractivity contribution in [1.29, 1.82) is 0 Å². The van der Waals surface area contributed by atoms with Gasteiger partial charge in [0.25, 0.3) is 5.91 Å². The second-order valence-electron chi connectivity index (χ2n) is 5.36.